The van der Waals surface area contributed by atoms with Crippen molar-refractivity contribution in [2.45, 2.75) is 25.3 Å². The van der Waals surface area contributed by atoms with Crippen molar-refractivity contribution in [1.29, 1.82) is 0 Å². The summed E-state index contributed by atoms with van der Waals surface area (Å²) in [7, 11) is 0. The van der Waals surface area contributed by atoms with Gasteiger partial charge in [0.15, 0.2) is 5.82 Å². The molecule has 2 aromatic rings. The molecule has 1 aliphatic carbocycles. The maximum atomic E-state index is 4.47. The molecule has 130 valence electrons. The predicted octanol–water partition coefficient (Wildman–Crippen LogP) is 1.37. The molecule has 0 bridgehead atoms. The van der Waals surface area contributed by atoms with E-state index >= 15 is 0 Å². The SMILES string of the molecule is c1ccc(N2CCN(C3CN(c4cc5c(nn4)CCC5)C3)CC2)nc1. The highest BCUT2D eigenvalue weighted by atomic mass is 15.4. The molecule has 5 rings (SSSR count). The van der Waals surface area contributed by atoms with Gasteiger partial charge in [0.05, 0.1) is 5.69 Å². The molecule has 2 saturated heterocycles. The largest absolute Gasteiger partial charge is 0.354 e. The van der Waals surface area contributed by atoms with E-state index in [0.717, 1.165) is 57.3 Å². The normalized spacial score (nSPS) is 21.3. The van der Waals surface area contributed by atoms with E-state index in [1.54, 1.807) is 0 Å². The summed E-state index contributed by atoms with van der Waals surface area (Å²) in [6.07, 6.45) is 5.39. The van der Waals surface area contributed by atoms with Crippen molar-refractivity contribution in [1.82, 2.24) is 20.1 Å². The zero-order valence-electron chi connectivity index (χ0n) is 14.5. The molecule has 0 N–H and O–H groups in total. The first-order valence-corrected chi connectivity index (χ1v) is 9.37. The fourth-order valence-corrected chi connectivity index (χ4v) is 4.20. The second kappa shape index (κ2) is 6.26. The summed E-state index contributed by atoms with van der Waals surface area (Å²) in [5.74, 6) is 2.18. The zero-order chi connectivity index (χ0) is 16.6. The molecule has 0 radical (unpaired) electrons. The molecule has 3 aliphatic rings. The van der Waals surface area contributed by atoms with Crippen LogP contribution in [0.3, 0.4) is 0 Å². The van der Waals surface area contributed by atoms with E-state index in [-0.39, 0.29) is 0 Å². The number of hydrogen-bond acceptors (Lipinski definition) is 6. The zero-order valence-corrected chi connectivity index (χ0v) is 14.5. The molecule has 25 heavy (non-hydrogen) atoms. The van der Waals surface area contributed by atoms with E-state index in [1.165, 1.54) is 24.1 Å². The number of piperazine rings is 1. The van der Waals surface area contributed by atoms with E-state index in [2.05, 4.69) is 48.1 Å². The number of pyridine rings is 1. The van der Waals surface area contributed by atoms with Crippen molar-refractivity contribution in [2.24, 2.45) is 0 Å². The number of rotatable bonds is 3. The molecule has 0 saturated carbocycles. The minimum atomic E-state index is 0.654. The van der Waals surface area contributed by atoms with Crippen LogP contribution in [0.2, 0.25) is 0 Å². The summed E-state index contributed by atoms with van der Waals surface area (Å²) < 4.78 is 0. The molecule has 0 spiro atoms. The molecule has 4 heterocycles. The van der Waals surface area contributed by atoms with Crippen molar-refractivity contribution in [3.05, 3.63) is 41.7 Å². The first-order valence-electron chi connectivity index (χ1n) is 9.37. The average Bonchev–Trinajstić information content (AvgIpc) is 3.10. The minimum absolute atomic E-state index is 0.654. The molecule has 0 amide bonds. The molecule has 2 aliphatic heterocycles. The van der Waals surface area contributed by atoms with E-state index in [1.807, 2.05) is 12.3 Å². The Balaban J connectivity index is 1.15. The van der Waals surface area contributed by atoms with Crippen LogP contribution < -0.4 is 9.80 Å². The predicted molar refractivity (Wildman–Crippen MR) is 98.1 cm³/mol. The van der Waals surface area contributed by atoms with Gasteiger partial charge in [-0.15, -0.1) is 5.10 Å². The van der Waals surface area contributed by atoms with Gasteiger partial charge >= 0.3 is 0 Å². The molecular formula is C19H24N6. The van der Waals surface area contributed by atoms with Crippen LogP contribution in [-0.4, -0.2) is 65.4 Å². The summed E-state index contributed by atoms with van der Waals surface area (Å²) in [6, 6.07) is 9.07. The van der Waals surface area contributed by atoms with Crippen LogP contribution in [0.4, 0.5) is 11.6 Å². The van der Waals surface area contributed by atoms with Crippen molar-refractivity contribution < 1.29 is 0 Å². The molecular weight excluding hydrogens is 312 g/mol. The van der Waals surface area contributed by atoms with Crippen LogP contribution in [0.1, 0.15) is 17.7 Å². The topological polar surface area (TPSA) is 48.4 Å². The highest BCUT2D eigenvalue weighted by Gasteiger charge is 2.34. The van der Waals surface area contributed by atoms with Crippen molar-refractivity contribution in [3.8, 4) is 0 Å². The van der Waals surface area contributed by atoms with Crippen LogP contribution in [0, 0.1) is 0 Å². The maximum Gasteiger partial charge on any atom is 0.151 e. The van der Waals surface area contributed by atoms with Crippen LogP contribution in [0.15, 0.2) is 30.5 Å². The number of anilines is 2. The number of fused-ring (bicyclic) bond motifs is 1. The monoisotopic (exact) mass is 336 g/mol. The first-order chi connectivity index (χ1) is 12.4. The molecule has 0 atom stereocenters. The number of hydrogen-bond donors (Lipinski definition) is 0. The third kappa shape index (κ3) is 2.84. The minimum Gasteiger partial charge on any atom is -0.354 e. The Morgan fingerprint density at radius 2 is 1.76 bits per heavy atom. The fraction of sp³-hybridized carbons (Fsp3) is 0.526. The standard InChI is InChI=1S/C19H24N6/c1-2-7-20-18(6-1)24-10-8-23(9-11-24)16-13-25(14-16)19-12-15-4-3-5-17(15)21-22-19/h1-2,6-7,12,16H,3-5,8-11,13-14H2. The van der Waals surface area contributed by atoms with Gasteiger partial charge in [0, 0.05) is 51.5 Å². The number of nitrogens with zero attached hydrogens (tertiary/aromatic N) is 6. The van der Waals surface area contributed by atoms with Gasteiger partial charge in [-0.25, -0.2) is 4.98 Å². The molecule has 2 fully saturated rings. The van der Waals surface area contributed by atoms with E-state index < -0.39 is 0 Å². The number of aryl methyl sites for hydroxylation is 2. The number of aromatic nitrogens is 3. The summed E-state index contributed by atoms with van der Waals surface area (Å²) in [5.41, 5.74) is 2.63. The summed E-state index contributed by atoms with van der Waals surface area (Å²) in [5, 5.41) is 8.87. The van der Waals surface area contributed by atoms with Gasteiger partial charge in [-0.05, 0) is 43.0 Å². The Kier molecular flexibility index (Phi) is 3.77. The van der Waals surface area contributed by atoms with E-state index in [0.29, 0.717) is 6.04 Å². The lowest BCUT2D eigenvalue weighted by Crippen LogP contribution is -2.63. The van der Waals surface area contributed by atoms with Crippen LogP contribution >= 0.6 is 0 Å². The van der Waals surface area contributed by atoms with Gasteiger partial charge in [0.1, 0.15) is 5.82 Å². The fourth-order valence-electron chi connectivity index (χ4n) is 4.20. The van der Waals surface area contributed by atoms with Gasteiger partial charge in [0.25, 0.3) is 0 Å². The van der Waals surface area contributed by atoms with Crippen LogP contribution in [0.5, 0.6) is 0 Å². The summed E-state index contributed by atoms with van der Waals surface area (Å²) in [4.78, 5) is 11.9. The van der Waals surface area contributed by atoms with Crippen molar-refractivity contribution >= 4 is 11.6 Å². The Morgan fingerprint density at radius 3 is 2.56 bits per heavy atom. The van der Waals surface area contributed by atoms with Gasteiger partial charge in [-0.1, -0.05) is 6.07 Å². The molecule has 6 heteroatoms. The van der Waals surface area contributed by atoms with Crippen LogP contribution in [0.25, 0.3) is 0 Å². The summed E-state index contributed by atoms with van der Waals surface area (Å²) in [6.45, 7) is 6.52. The Hall–Kier alpha value is -2.21. The first kappa shape index (κ1) is 15.1. The second-order valence-electron chi connectivity index (χ2n) is 7.30. The summed E-state index contributed by atoms with van der Waals surface area (Å²) >= 11 is 0. The molecule has 0 unspecified atom stereocenters. The third-order valence-corrected chi connectivity index (χ3v) is 5.80. The van der Waals surface area contributed by atoms with Gasteiger partial charge < -0.3 is 9.80 Å². The van der Waals surface area contributed by atoms with E-state index in [9.17, 15) is 0 Å². The molecule has 6 nitrogen and oxygen atoms in total. The lowest BCUT2D eigenvalue weighted by Gasteiger charge is -2.48. The molecule has 2 aromatic heterocycles. The maximum absolute atomic E-state index is 4.47. The highest BCUT2D eigenvalue weighted by molar-refractivity contribution is 5.46. The van der Waals surface area contributed by atoms with Crippen molar-refractivity contribution in [2.75, 3.05) is 49.1 Å². The quantitative estimate of drug-likeness (QED) is 0.844. The van der Waals surface area contributed by atoms with Gasteiger partial charge in [-0.2, -0.15) is 5.10 Å². The van der Waals surface area contributed by atoms with Crippen LogP contribution in [-0.2, 0) is 12.8 Å². The highest BCUT2D eigenvalue weighted by Crippen LogP contribution is 2.27. The van der Waals surface area contributed by atoms with Gasteiger partial charge in [0.2, 0.25) is 0 Å². The third-order valence-electron chi connectivity index (χ3n) is 5.80. The average molecular weight is 336 g/mol. The second-order valence-corrected chi connectivity index (χ2v) is 7.30. The Morgan fingerprint density at radius 1 is 0.880 bits per heavy atom. The van der Waals surface area contributed by atoms with Crippen molar-refractivity contribution in [3.63, 3.8) is 0 Å². The lowest BCUT2D eigenvalue weighted by molar-refractivity contribution is 0.156. The Labute approximate surface area is 148 Å². The molecule has 0 aromatic carbocycles. The Bertz CT molecular complexity index is 735. The smallest absolute Gasteiger partial charge is 0.151 e. The van der Waals surface area contributed by atoms with E-state index in [4.69, 9.17) is 0 Å². The van der Waals surface area contributed by atoms with Gasteiger partial charge in [-0.3, -0.25) is 4.90 Å². The lowest BCUT2D eigenvalue weighted by atomic mass is 10.1.